The van der Waals surface area contributed by atoms with E-state index in [-0.39, 0.29) is 49.8 Å². The predicted octanol–water partition coefficient (Wildman–Crippen LogP) is 5.97. The number of hydrogen-bond donors (Lipinski definition) is 2. The number of benzene rings is 3. The van der Waals surface area contributed by atoms with E-state index in [1.54, 1.807) is 42.5 Å². The quantitative estimate of drug-likeness (QED) is 0.148. The second-order valence-electron chi connectivity index (χ2n) is 8.52. The molecular weight excluding hydrogens is 586 g/mol. The van der Waals surface area contributed by atoms with Gasteiger partial charge in [0.15, 0.2) is 5.78 Å². The molecule has 39 heavy (non-hydrogen) atoms. The third-order valence-electron chi connectivity index (χ3n) is 5.72. The minimum absolute atomic E-state index is 0.00510. The van der Waals surface area contributed by atoms with Gasteiger partial charge < -0.3 is 20.5 Å². The van der Waals surface area contributed by atoms with Gasteiger partial charge in [0.2, 0.25) is 0 Å². The van der Waals surface area contributed by atoms with Crippen LogP contribution in [0.4, 0.5) is 0 Å². The highest BCUT2D eigenvalue weighted by Gasteiger charge is 2.26. The van der Waals surface area contributed by atoms with E-state index in [1.165, 1.54) is 19.2 Å². The fourth-order valence-corrected chi connectivity index (χ4v) is 5.00. The topological polar surface area (TPSA) is 108 Å². The largest absolute Gasteiger partial charge is 0.493 e. The van der Waals surface area contributed by atoms with Gasteiger partial charge in [0, 0.05) is 12.8 Å². The lowest BCUT2D eigenvalue weighted by Crippen LogP contribution is -2.43. The molecule has 3 rings (SSSR count). The van der Waals surface area contributed by atoms with Gasteiger partial charge in [-0.2, -0.15) is 0 Å². The zero-order valence-corrected chi connectivity index (χ0v) is 24.0. The predicted molar refractivity (Wildman–Crippen MR) is 154 cm³/mol. The number of amides is 1. The van der Waals surface area contributed by atoms with Crippen LogP contribution in [0.25, 0.3) is 0 Å². The van der Waals surface area contributed by atoms with Gasteiger partial charge >= 0.3 is 5.97 Å². The average Bonchev–Trinajstić information content (AvgIpc) is 2.88. The van der Waals surface area contributed by atoms with Gasteiger partial charge in [0.25, 0.3) is 5.91 Å². The molecule has 0 fully saturated rings. The Morgan fingerprint density at radius 1 is 0.872 bits per heavy atom. The van der Waals surface area contributed by atoms with E-state index in [4.69, 9.17) is 61.6 Å². The summed E-state index contributed by atoms with van der Waals surface area (Å²) in [5.41, 5.74) is 7.19. The van der Waals surface area contributed by atoms with E-state index >= 15 is 0 Å². The van der Waals surface area contributed by atoms with Crippen LogP contribution in [0.1, 0.15) is 38.3 Å². The molecule has 0 radical (unpaired) electrons. The zero-order valence-electron chi connectivity index (χ0n) is 20.9. The average molecular weight is 612 g/mol. The summed E-state index contributed by atoms with van der Waals surface area (Å²) in [4.78, 5) is 38.3. The van der Waals surface area contributed by atoms with Crippen molar-refractivity contribution >= 4 is 64.1 Å². The fraction of sp³-hybridized carbons (Fsp3) is 0.250. The SMILES string of the molecule is COC(=O)[C@H](Cc1ccc(CC(=O)c2c(Cl)cccc2Cl)cc1)NC(=O)c1c(Cl)cc(OCCCN)cc1Cl. The van der Waals surface area contributed by atoms with Crippen molar-refractivity contribution in [1.29, 1.82) is 0 Å². The maximum Gasteiger partial charge on any atom is 0.328 e. The molecule has 0 aliphatic rings. The number of rotatable bonds is 12. The van der Waals surface area contributed by atoms with Gasteiger partial charge in [-0.15, -0.1) is 0 Å². The molecule has 0 aliphatic carbocycles. The van der Waals surface area contributed by atoms with E-state index < -0.39 is 17.9 Å². The van der Waals surface area contributed by atoms with Crippen LogP contribution < -0.4 is 15.8 Å². The lowest BCUT2D eigenvalue weighted by molar-refractivity contribution is -0.142. The molecule has 0 aromatic heterocycles. The number of hydrogen-bond acceptors (Lipinski definition) is 6. The molecule has 0 saturated carbocycles. The minimum atomic E-state index is -1.02. The fourth-order valence-electron chi connectivity index (χ4n) is 3.76. The van der Waals surface area contributed by atoms with Crippen LogP contribution >= 0.6 is 46.4 Å². The smallest absolute Gasteiger partial charge is 0.328 e. The highest BCUT2D eigenvalue weighted by Crippen LogP contribution is 2.31. The van der Waals surface area contributed by atoms with Crippen LogP contribution in [0.3, 0.4) is 0 Å². The Labute approximate surface area is 246 Å². The van der Waals surface area contributed by atoms with Crippen LogP contribution in [-0.4, -0.2) is 44.0 Å². The molecule has 3 aromatic rings. The van der Waals surface area contributed by atoms with Crippen LogP contribution in [0.5, 0.6) is 5.75 Å². The van der Waals surface area contributed by atoms with E-state index in [0.29, 0.717) is 25.3 Å². The molecule has 3 aromatic carbocycles. The summed E-state index contributed by atoms with van der Waals surface area (Å²) in [5, 5.41) is 3.35. The number of carbonyl (C=O) groups is 3. The lowest BCUT2D eigenvalue weighted by atomic mass is 9.99. The number of methoxy groups -OCH3 is 1. The van der Waals surface area contributed by atoms with Crippen molar-refractivity contribution < 1.29 is 23.9 Å². The third-order valence-corrected chi connectivity index (χ3v) is 6.95. The Bertz CT molecular complexity index is 1310. The Kier molecular flexibility index (Phi) is 11.5. The second kappa shape index (κ2) is 14.5. The Hall–Kier alpha value is -2.81. The molecule has 0 heterocycles. The maximum absolute atomic E-state index is 13.0. The molecular formula is C28H26Cl4N2O5. The first-order valence-corrected chi connectivity index (χ1v) is 13.4. The van der Waals surface area contributed by atoms with Crippen LogP contribution in [-0.2, 0) is 22.4 Å². The first-order chi connectivity index (χ1) is 18.6. The monoisotopic (exact) mass is 610 g/mol. The summed E-state index contributed by atoms with van der Waals surface area (Å²) in [5.74, 6) is -1.12. The number of carbonyl (C=O) groups excluding carboxylic acids is 3. The van der Waals surface area contributed by atoms with Crippen molar-refractivity contribution in [2.75, 3.05) is 20.3 Å². The molecule has 0 saturated heterocycles. The first-order valence-electron chi connectivity index (χ1n) is 11.9. The van der Waals surface area contributed by atoms with Gasteiger partial charge in [0.05, 0.1) is 44.9 Å². The lowest BCUT2D eigenvalue weighted by Gasteiger charge is -2.18. The Morgan fingerprint density at radius 2 is 1.46 bits per heavy atom. The van der Waals surface area contributed by atoms with Gasteiger partial charge in [0.1, 0.15) is 11.8 Å². The van der Waals surface area contributed by atoms with Gasteiger partial charge in [-0.1, -0.05) is 76.7 Å². The van der Waals surface area contributed by atoms with Crippen molar-refractivity contribution in [2.45, 2.75) is 25.3 Å². The van der Waals surface area contributed by atoms with Crippen molar-refractivity contribution in [2.24, 2.45) is 5.73 Å². The molecule has 1 amide bonds. The molecule has 7 nitrogen and oxygen atoms in total. The first kappa shape index (κ1) is 30.7. The highest BCUT2D eigenvalue weighted by atomic mass is 35.5. The summed E-state index contributed by atoms with van der Waals surface area (Å²) < 4.78 is 10.4. The van der Waals surface area contributed by atoms with E-state index in [1.807, 2.05) is 0 Å². The molecule has 0 unspecified atom stereocenters. The summed E-state index contributed by atoms with van der Waals surface area (Å²) >= 11 is 24.9. The molecule has 3 N–H and O–H groups in total. The molecule has 11 heteroatoms. The number of halogens is 4. The number of nitrogens with two attached hydrogens (primary N) is 1. The van der Waals surface area contributed by atoms with Gasteiger partial charge in [-0.25, -0.2) is 4.79 Å². The number of ether oxygens (including phenoxy) is 2. The standard InChI is InChI=1S/C28H26Cl4N2O5/c1-38-28(37)23(34-27(36)26-21(31)14-18(15-22(26)32)39-11-3-10-33)12-16-6-8-17(9-7-16)13-24(35)25-19(29)4-2-5-20(25)30/h2,4-9,14-15,23H,3,10-13,33H2,1H3,(H,34,36)/t23-/m0/s1. The third kappa shape index (κ3) is 8.34. The summed E-state index contributed by atoms with van der Waals surface area (Å²) in [6.45, 7) is 0.842. The van der Waals surface area contributed by atoms with Gasteiger partial charge in [-0.05, 0) is 48.4 Å². The Balaban J connectivity index is 1.71. The van der Waals surface area contributed by atoms with Crippen molar-refractivity contribution in [3.8, 4) is 5.75 Å². The van der Waals surface area contributed by atoms with Crippen LogP contribution in [0.15, 0.2) is 54.6 Å². The molecule has 0 spiro atoms. The molecule has 1 atom stereocenters. The van der Waals surface area contributed by atoms with E-state index in [9.17, 15) is 14.4 Å². The zero-order chi connectivity index (χ0) is 28.5. The van der Waals surface area contributed by atoms with E-state index in [0.717, 1.165) is 11.1 Å². The molecule has 0 aliphatic heterocycles. The van der Waals surface area contributed by atoms with Crippen molar-refractivity contribution in [1.82, 2.24) is 5.32 Å². The number of ketones is 1. The minimum Gasteiger partial charge on any atom is -0.493 e. The summed E-state index contributed by atoms with van der Waals surface area (Å²) in [7, 11) is 1.23. The second-order valence-corrected chi connectivity index (χ2v) is 10.1. The highest BCUT2D eigenvalue weighted by molar-refractivity contribution is 6.40. The van der Waals surface area contributed by atoms with Crippen molar-refractivity contribution in [3.05, 3.63) is 96.9 Å². The number of Topliss-reactive ketones (excluding diaryl/α,β-unsaturated/α-hetero) is 1. The van der Waals surface area contributed by atoms with Crippen LogP contribution in [0.2, 0.25) is 20.1 Å². The summed E-state index contributed by atoms with van der Waals surface area (Å²) in [6, 6.07) is 13.8. The van der Waals surface area contributed by atoms with Gasteiger partial charge in [-0.3, -0.25) is 9.59 Å². The normalized spacial score (nSPS) is 11.5. The van der Waals surface area contributed by atoms with Crippen molar-refractivity contribution in [3.63, 3.8) is 0 Å². The Morgan fingerprint density at radius 3 is 2.03 bits per heavy atom. The summed E-state index contributed by atoms with van der Waals surface area (Å²) in [6.07, 6.45) is 0.855. The number of nitrogens with one attached hydrogen (secondary N) is 1. The van der Waals surface area contributed by atoms with Crippen LogP contribution in [0, 0.1) is 0 Å². The molecule has 0 bridgehead atoms. The van der Waals surface area contributed by atoms with E-state index in [2.05, 4.69) is 5.32 Å². The maximum atomic E-state index is 13.0. The number of esters is 1. The molecule has 206 valence electrons.